The normalized spacial score (nSPS) is 11.4. The van der Waals surface area contributed by atoms with Crippen molar-refractivity contribution < 1.29 is 23.1 Å². The number of amides is 1. The molecule has 0 saturated heterocycles. The maximum absolute atomic E-state index is 13.6. The molecule has 0 spiro atoms. The van der Waals surface area contributed by atoms with E-state index in [0.29, 0.717) is 44.6 Å². The highest BCUT2D eigenvalue weighted by Crippen LogP contribution is 2.35. The van der Waals surface area contributed by atoms with Gasteiger partial charge in [0.1, 0.15) is 17.1 Å². The molecule has 1 amide bonds. The molecule has 4 aromatic carbocycles. The Balaban J connectivity index is 1.30. The number of rotatable bonds is 8. The number of anilines is 1. The fraction of sp³-hybridized carbons (Fsp3) is 0.0625. The molecule has 44 heavy (non-hydrogen) atoms. The summed E-state index contributed by atoms with van der Waals surface area (Å²) in [5.74, 6) is 0.259. The number of benzene rings is 4. The Morgan fingerprint density at radius 1 is 1.02 bits per heavy atom. The lowest BCUT2D eigenvalue weighted by Gasteiger charge is -2.11. The third-order valence-electron chi connectivity index (χ3n) is 6.53. The number of furan rings is 1. The Bertz CT molecular complexity index is 2100. The number of nitrogens with zero attached hydrogens (tertiary/aromatic N) is 3. The van der Waals surface area contributed by atoms with Gasteiger partial charge in [-0.05, 0) is 72.3 Å². The molecule has 2 heterocycles. The summed E-state index contributed by atoms with van der Waals surface area (Å²) >= 11 is 12.9. The van der Waals surface area contributed by atoms with E-state index >= 15 is 0 Å². The van der Waals surface area contributed by atoms with Crippen LogP contribution in [0.2, 0.25) is 10.0 Å². The van der Waals surface area contributed by atoms with Crippen LogP contribution in [0.5, 0.6) is 11.5 Å². The summed E-state index contributed by atoms with van der Waals surface area (Å²) in [6.45, 7) is -0.395. The summed E-state index contributed by atoms with van der Waals surface area (Å²) in [5, 5.41) is 8.32. The summed E-state index contributed by atoms with van der Waals surface area (Å²) in [7, 11) is 1.56. The van der Waals surface area contributed by atoms with E-state index in [2.05, 4.69) is 15.4 Å². The lowest BCUT2D eigenvalue weighted by atomic mass is 10.2. The summed E-state index contributed by atoms with van der Waals surface area (Å²) in [6, 6.07) is 22.4. The van der Waals surface area contributed by atoms with Crippen LogP contribution in [0.4, 0.5) is 10.1 Å². The Labute approximate surface area is 259 Å². The number of hydrogen-bond acceptors (Lipinski definition) is 7. The van der Waals surface area contributed by atoms with Gasteiger partial charge in [0.25, 0.3) is 11.5 Å². The zero-order valence-corrected chi connectivity index (χ0v) is 24.4. The molecule has 0 aliphatic rings. The van der Waals surface area contributed by atoms with E-state index in [9.17, 15) is 14.0 Å². The van der Waals surface area contributed by atoms with Crippen LogP contribution in [0, 0.1) is 5.82 Å². The molecule has 2 aromatic heterocycles. The van der Waals surface area contributed by atoms with E-state index in [4.69, 9.17) is 37.1 Å². The number of fused-ring (bicyclic) bond motifs is 2. The minimum atomic E-state index is -0.492. The molecule has 0 atom stereocenters. The highest BCUT2D eigenvalue weighted by atomic mass is 35.5. The van der Waals surface area contributed by atoms with Crippen molar-refractivity contribution in [2.45, 2.75) is 0 Å². The zero-order valence-electron chi connectivity index (χ0n) is 22.9. The number of methoxy groups -OCH3 is 1. The smallest absolute Gasteiger partial charge is 0.282 e. The fourth-order valence-electron chi connectivity index (χ4n) is 4.50. The van der Waals surface area contributed by atoms with Crippen molar-refractivity contribution in [3.8, 4) is 23.1 Å². The van der Waals surface area contributed by atoms with Crippen molar-refractivity contribution in [3.63, 3.8) is 0 Å². The number of hydrogen-bond donors (Lipinski definition) is 1. The summed E-state index contributed by atoms with van der Waals surface area (Å²) < 4.78 is 31.3. The van der Waals surface area contributed by atoms with Crippen LogP contribution in [-0.2, 0) is 4.79 Å². The van der Waals surface area contributed by atoms with Gasteiger partial charge in [-0.25, -0.2) is 9.37 Å². The minimum Gasteiger partial charge on any atom is -0.496 e. The standard InChI is InChI=1S/C32H21Cl2FN4O5/c1-42-26-7-4-8-27-22(26)15-28(44-27)31-38-25-6-3-2-5-21(25)32(41)39(31)36-16-18-13-23(33)30(24(34)14-18)43-17-29(40)37-20-11-9-19(35)10-12-20/h2-16H,17H2,1H3,(H,37,40). The van der Waals surface area contributed by atoms with Crippen molar-refractivity contribution in [1.29, 1.82) is 0 Å². The Morgan fingerprint density at radius 2 is 1.77 bits per heavy atom. The predicted octanol–water partition coefficient (Wildman–Crippen LogP) is 7.16. The fourth-order valence-corrected chi connectivity index (χ4v) is 5.11. The number of ether oxygens (including phenoxy) is 2. The highest BCUT2D eigenvalue weighted by Gasteiger charge is 2.18. The van der Waals surface area contributed by atoms with Gasteiger partial charge in [0.2, 0.25) is 5.82 Å². The molecule has 0 aliphatic carbocycles. The highest BCUT2D eigenvalue weighted by molar-refractivity contribution is 6.37. The molecular weight excluding hydrogens is 610 g/mol. The maximum Gasteiger partial charge on any atom is 0.282 e. The van der Waals surface area contributed by atoms with Gasteiger partial charge >= 0.3 is 0 Å². The minimum absolute atomic E-state index is 0.0844. The van der Waals surface area contributed by atoms with Crippen LogP contribution in [0.3, 0.4) is 0 Å². The SMILES string of the molecule is COc1cccc2oc(-c3nc4ccccc4c(=O)n3N=Cc3cc(Cl)c(OCC(=O)Nc4ccc(F)cc4)c(Cl)c3)cc12. The Morgan fingerprint density at radius 3 is 2.52 bits per heavy atom. The molecule has 1 N–H and O–H groups in total. The third-order valence-corrected chi connectivity index (χ3v) is 7.10. The number of para-hydroxylation sites is 1. The number of carbonyl (C=O) groups excluding carboxylic acids is 1. The first-order chi connectivity index (χ1) is 21.3. The van der Waals surface area contributed by atoms with Gasteiger partial charge in [-0.3, -0.25) is 9.59 Å². The van der Waals surface area contributed by atoms with Crippen LogP contribution in [0.25, 0.3) is 33.5 Å². The van der Waals surface area contributed by atoms with Gasteiger partial charge in [0, 0.05) is 5.69 Å². The molecule has 0 radical (unpaired) electrons. The molecule has 6 aromatic rings. The van der Waals surface area contributed by atoms with Gasteiger partial charge in [-0.15, -0.1) is 0 Å². The average molecular weight is 631 g/mol. The molecule has 12 heteroatoms. The lowest BCUT2D eigenvalue weighted by Crippen LogP contribution is -2.20. The molecule has 0 aliphatic heterocycles. The topological polar surface area (TPSA) is 108 Å². The zero-order chi connectivity index (χ0) is 30.8. The van der Waals surface area contributed by atoms with Crippen LogP contribution >= 0.6 is 23.2 Å². The monoisotopic (exact) mass is 630 g/mol. The van der Waals surface area contributed by atoms with Crippen LogP contribution in [0.15, 0.2) is 99.2 Å². The maximum atomic E-state index is 13.6. The average Bonchev–Trinajstić information content (AvgIpc) is 3.46. The molecule has 0 saturated carbocycles. The van der Waals surface area contributed by atoms with Crippen molar-refractivity contribution in [2.75, 3.05) is 19.0 Å². The van der Waals surface area contributed by atoms with Gasteiger partial charge < -0.3 is 19.2 Å². The van der Waals surface area contributed by atoms with E-state index in [0.717, 1.165) is 4.68 Å². The number of nitrogens with one attached hydrogen (secondary N) is 1. The van der Waals surface area contributed by atoms with E-state index in [1.54, 1.807) is 55.6 Å². The first-order valence-corrected chi connectivity index (χ1v) is 13.9. The van der Waals surface area contributed by atoms with Gasteiger partial charge in [0.05, 0.1) is 39.7 Å². The predicted molar refractivity (Wildman–Crippen MR) is 168 cm³/mol. The molecule has 0 fully saturated rings. The molecule has 0 bridgehead atoms. The van der Waals surface area contributed by atoms with Crippen LogP contribution in [0.1, 0.15) is 5.56 Å². The second-order valence-corrected chi connectivity index (χ2v) is 10.3. The number of halogens is 3. The Hall–Kier alpha value is -5.19. The van der Waals surface area contributed by atoms with Gasteiger partial charge in [-0.2, -0.15) is 9.78 Å². The molecule has 0 unspecified atom stereocenters. The first kappa shape index (κ1) is 28.9. The second kappa shape index (κ2) is 12.2. The largest absolute Gasteiger partial charge is 0.496 e. The number of carbonyl (C=O) groups is 1. The van der Waals surface area contributed by atoms with Crippen LogP contribution < -0.4 is 20.3 Å². The second-order valence-electron chi connectivity index (χ2n) is 9.45. The molecular formula is C32H21Cl2FN4O5. The summed E-state index contributed by atoms with van der Waals surface area (Å²) in [6.07, 6.45) is 1.40. The molecule has 9 nitrogen and oxygen atoms in total. The van der Waals surface area contributed by atoms with E-state index in [1.807, 2.05) is 0 Å². The van der Waals surface area contributed by atoms with Crippen molar-refractivity contribution >= 4 is 62.9 Å². The van der Waals surface area contributed by atoms with Crippen molar-refractivity contribution in [1.82, 2.24) is 9.66 Å². The van der Waals surface area contributed by atoms with Gasteiger partial charge in [-0.1, -0.05) is 41.4 Å². The lowest BCUT2D eigenvalue weighted by molar-refractivity contribution is -0.118. The van der Waals surface area contributed by atoms with E-state index in [1.165, 1.54) is 42.6 Å². The van der Waals surface area contributed by atoms with Crippen LogP contribution in [-0.4, -0.2) is 35.5 Å². The van der Waals surface area contributed by atoms with E-state index in [-0.39, 0.29) is 21.6 Å². The quantitative estimate of drug-likeness (QED) is 0.179. The number of aromatic nitrogens is 2. The van der Waals surface area contributed by atoms with Crippen molar-refractivity contribution in [3.05, 3.63) is 117 Å². The molecule has 220 valence electrons. The summed E-state index contributed by atoms with van der Waals surface area (Å²) in [5.41, 5.74) is 1.46. The first-order valence-electron chi connectivity index (χ1n) is 13.1. The molecule has 6 rings (SSSR count). The Kier molecular flexibility index (Phi) is 8.01. The van der Waals surface area contributed by atoms with Crippen molar-refractivity contribution in [2.24, 2.45) is 5.10 Å². The third kappa shape index (κ3) is 5.85. The van der Waals surface area contributed by atoms with E-state index < -0.39 is 23.9 Å². The summed E-state index contributed by atoms with van der Waals surface area (Å²) in [4.78, 5) is 30.6. The van der Waals surface area contributed by atoms with Gasteiger partial charge in [0.15, 0.2) is 18.1 Å².